The number of benzene rings is 2. The summed E-state index contributed by atoms with van der Waals surface area (Å²) in [5.41, 5.74) is 3.34. The molecular formula is C18H17FN4. The smallest absolute Gasteiger partial charge is 0.222 e. The Morgan fingerprint density at radius 1 is 1.13 bits per heavy atom. The Labute approximate surface area is 134 Å². The molecule has 0 spiro atoms. The predicted molar refractivity (Wildman–Crippen MR) is 86.7 cm³/mol. The van der Waals surface area contributed by atoms with Gasteiger partial charge in [0.15, 0.2) is 0 Å². The van der Waals surface area contributed by atoms with Gasteiger partial charge in [-0.25, -0.2) is 9.07 Å². The van der Waals surface area contributed by atoms with Crippen molar-refractivity contribution in [2.75, 3.05) is 5.32 Å². The average molecular weight is 308 g/mol. The lowest BCUT2D eigenvalue weighted by molar-refractivity contribution is 0.429. The van der Waals surface area contributed by atoms with E-state index >= 15 is 0 Å². The summed E-state index contributed by atoms with van der Waals surface area (Å²) in [6, 6.07) is 15.3. The van der Waals surface area contributed by atoms with Crippen LogP contribution in [-0.2, 0) is 0 Å². The fraction of sp³-hybridized carbons (Fsp3) is 0.222. The maximum Gasteiger partial charge on any atom is 0.222 e. The van der Waals surface area contributed by atoms with Gasteiger partial charge >= 0.3 is 0 Å². The fourth-order valence-corrected chi connectivity index (χ4v) is 3.13. The van der Waals surface area contributed by atoms with Gasteiger partial charge in [-0.15, -0.1) is 0 Å². The second-order valence-electron chi connectivity index (χ2n) is 5.94. The summed E-state index contributed by atoms with van der Waals surface area (Å²) in [5, 5.41) is 7.73. The Bertz CT molecular complexity index is 825. The number of aromatic nitrogens is 3. The molecule has 2 heterocycles. The van der Waals surface area contributed by atoms with E-state index in [0.29, 0.717) is 0 Å². The Balaban J connectivity index is 1.73. The van der Waals surface area contributed by atoms with Gasteiger partial charge in [-0.2, -0.15) is 10.1 Å². The molecule has 3 aromatic rings. The van der Waals surface area contributed by atoms with Crippen LogP contribution < -0.4 is 5.32 Å². The summed E-state index contributed by atoms with van der Waals surface area (Å²) >= 11 is 0. The van der Waals surface area contributed by atoms with Gasteiger partial charge in [0, 0.05) is 0 Å². The van der Waals surface area contributed by atoms with Gasteiger partial charge in [0.25, 0.3) is 0 Å². The zero-order valence-electron chi connectivity index (χ0n) is 12.8. The van der Waals surface area contributed by atoms with Gasteiger partial charge in [-0.1, -0.05) is 42.0 Å². The Hall–Kier alpha value is -2.69. The summed E-state index contributed by atoms with van der Waals surface area (Å²) < 4.78 is 15.5. The molecule has 1 N–H and O–H groups in total. The average Bonchev–Trinajstić information content (AvgIpc) is 3.03. The largest absolute Gasteiger partial charge is 0.348 e. The van der Waals surface area contributed by atoms with Crippen molar-refractivity contribution < 1.29 is 4.39 Å². The summed E-state index contributed by atoms with van der Waals surface area (Å²) in [6.07, 6.45) is 2.33. The van der Waals surface area contributed by atoms with Crippen LogP contribution >= 0.6 is 0 Å². The molecule has 0 aliphatic carbocycles. The maximum atomic E-state index is 13.6. The molecule has 116 valence electrons. The molecule has 0 saturated heterocycles. The highest BCUT2D eigenvalue weighted by atomic mass is 19.1. The molecule has 4 rings (SSSR count). The van der Waals surface area contributed by atoms with Gasteiger partial charge < -0.3 is 5.32 Å². The normalized spacial score (nSPS) is 19.9. The summed E-state index contributed by atoms with van der Waals surface area (Å²) in [5.74, 6) is 0.491. The van der Waals surface area contributed by atoms with Crippen molar-refractivity contribution in [1.82, 2.24) is 14.8 Å². The number of rotatable bonds is 2. The number of nitrogens with one attached hydrogen (secondary N) is 1. The minimum atomic E-state index is -0.227. The van der Waals surface area contributed by atoms with Crippen LogP contribution in [-0.4, -0.2) is 14.8 Å². The molecule has 1 aromatic heterocycles. The van der Waals surface area contributed by atoms with Crippen molar-refractivity contribution in [1.29, 1.82) is 0 Å². The van der Waals surface area contributed by atoms with Gasteiger partial charge in [0.2, 0.25) is 5.95 Å². The highest BCUT2D eigenvalue weighted by Crippen LogP contribution is 2.37. The third kappa shape index (κ3) is 2.59. The van der Waals surface area contributed by atoms with Gasteiger partial charge in [-0.05, 0) is 36.6 Å². The van der Waals surface area contributed by atoms with E-state index in [1.165, 1.54) is 23.5 Å². The zero-order valence-corrected chi connectivity index (χ0v) is 12.8. The summed E-state index contributed by atoms with van der Waals surface area (Å²) in [7, 11) is 0. The predicted octanol–water partition coefficient (Wildman–Crippen LogP) is 3.87. The minimum Gasteiger partial charge on any atom is -0.348 e. The molecule has 0 unspecified atom stereocenters. The number of nitrogens with zero attached hydrogens (tertiary/aromatic N) is 3. The molecule has 5 heteroatoms. The second kappa shape index (κ2) is 5.50. The number of halogens is 1. The number of aryl methyl sites for hydroxylation is 1. The first-order valence-electron chi connectivity index (χ1n) is 7.69. The van der Waals surface area contributed by atoms with Crippen LogP contribution in [0.1, 0.15) is 35.2 Å². The van der Waals surface area contributed by atoms with E-state index in [4.69, 9.17) is 0 Å². The van der Waals surface area contributed by atoms with Crippen LogP contribution in [0, 0.1) is 12.7 Å². The molecule has 0 bridgehead atoms. The van der Waals surface area contributed by atoms with Gasteiger partial charge in [0.05, 0.1) is 12.1 Å². The van der Waals surface area contributed by atoms with Crippen LogP contribution in [0.3, 0.4) is 0 Å². The van der Waals surface area contributed by atoms with Crippen LogP contribution in [0.5, 0.6) is 0 Å². The number of hydrogen-bond donors (Lipinski definition) is 1. The van der Waals surface area contributed by atoms with E-state index < -0.39 is 0 Å². The number of fused-ring (bicyclic) bond motifs is 1. The van der Waals surface area contributed by atoms with Gasteiger partial charge in [0.1, 0.15) is 12.1 Å². The molecule has 0 radical (unpaired) electrons. The molecule has 1 aliphatic rings. The number of anilines is 1. The Morgan fingerprint density at radius 2 is 1.96 bits per heavy atom. The highest BCUT2D eigenvalue weighted by Gasteiger charge is 2.29. The lowest BCUT2D eigenvalue weighted by Crippen LogP contribution is -2.28. The Morgan fingerprint density at radius 3 is 2.74 bits per heavy atom. The van der Waals surface area contributed by atoms with Crippen LogP contribution in [0.4, 0.5) is 10.3 Å². The van der Waals surface area contributed by atoms with Crippen LogP contribution in [0.2, 0.25) is 0 Å². The summed E-state index contributed by atoms with van der Waals surface area (Å²) in [6.45, 7) is 2.07. The Kier molecular flexibility index (Phi) is 3.33. The van der Waals surface area contributed by atoms with E-state index in [0.717, 1.165) is 17.9 Å². The van der Waals surface area contributed by atoms with Crippen molar-refractivity contribution >= 4 is 5.95 Å². The molecule has 0 fully saturated rings. The van der Waals surface area contributed by atoms with Crippen LogP contribution in [0.25, 0.3) is 0 Å². The minimum absolute atomic E-state index is 0.0317. The number of hydrogen-bond acceptors (Lipinski definition) is 3. The molecular weight excluding hydrogens is 291 g/mol. The van der Waals surface area contributed by atoms with E-state index in [-0.39, 0.29) is 17.9 Å². The second-order valence-corrected chi connectivity index (χ2v) is 5.94. The highest BCUT2D eigenvalue weighted by molar-refractivity contribution is 5.38. The molecule has 23 heavy (non-hydrogen) atoms. The van der Waals surface area contributed by atoms with Crippen molar-refractivity contribution in [2.45, 2.75) is 25.4 Å². The van der Waals surface area contributed by atoms with Crippen molar-refractivity contribution in [2.24, 2.45) is 0 Å². The van der Waals surface area contributed by atoms with E-state index in [2.05, 4.69) is 46.6 Å². The lowest BCUT2D eigenvalue weighted by atomic mass is 9.93. The molecule has 0 saturated carbocycles. The van der Waals surface area contributed by atoms with E-state index in [1.54, 1.807) is 12.1 Å². The monoisotopic (exact) mass is 308 g/mol. The molecule has 1 aliphatic heterocycles. The SMILES string of the molecule is Cc1ccc([C@@H]2C[C@H](c3cccc(F)c3)n3ncnc3N2)cc1. The first kappa shape index (κ1) is 13.9. The standard InChI is InChI=1S/C18H17FN4/c1-12-5-7-13(8-6-12)16-10-17(14-3-2-4-15(19)9-14)23-18(22-16)20-11-21-23/h2-9,11,16-17H,10H2,1H3,(H,20,21,22)/t16-,17+/m0/s1. The first-order valence-corrected chi connectivity index (χ1v) is 7.69. The maximum absolute atomic E-state index is 13.6. The van der Waals surface area contributed by atoms with Crippen molar-refractivity contribution in [3.63, 3.8) is 0 Å². The van der Waals surface area contributed by atoms with E-state index in [9.17, 15) is 4.39 Å². The van der Waals surface area contributed by atoms with E-state index in [1.807, 2.05) is 10.7 Å². The zero-order chi connectivity index (χ0) is 15.8. The fourth-order valence-electron chi connectivity index (χ4n) is 3.13. The van der Waals surface area contributed by atoms with Crippen LogP contribution in [0.15, 0.2) is 54.9 Å². The molecule has 2 aromatic carbocycles. The van der Waals surface area contributed by atoms with Crippen molar-refractivity contribution in [3.8, 4) is 0 Å². The third-order valence-electron chi connectivity index (χ3n) is 4.34. The molecule has 2 atom stereocenters. The summed E-state index contributed by atoms with van der Waals surface area (Å²) in [4.78, 5) is 4.30. The quantitative estimate of drug-likeness (QED) is 0.781. The molecule has 0 amide bonds. The molecule has 4 nitrogen and oxygen atoms in total. The lowest BCUT2D eigenvalue weighted by Gasteiger charge is -2.31. The first-order chi connectivity index (χ1) is 11.2. The third-order valence-corrected chi connectivity index (χ3v) is 4.34. The van der Waals surface area contributed by atoms with Crippen molar-refractivity contribution in [3.05, 3.63) is 77.4 Å². The topological polar surface area (TPSA) is 42.7 Å². The van der Waals surface area contributed by atoms with Gasteiger partial charge in [-0.3, -0.25) is 0 Å².